The second-order valence-corrected chi connectivity index (χ2v) is 6.78. The molecule has 132 valence electrons. The molecule has 0 N–H and O–H groups in total. The molecule has 0 amide bonds. The molecule has 2 rings (SSSR count). The third kappa shape index (κ3) is 10.2. The Morgan fingerprint density at radius 1 is 0.826 bits per heavy atom. The van der Waals surface area contributed by atoms with E-state index in [1.54, 1.807) is 32.1 Å². The third-order valence-electron chi connectivity index (χ3n) is 5.40. The Labute approximate surface area is 141 Å². The molecule has 0 aromatic heterocycles. The monoisotopic (exact) mass is 320 g/mol. The minimum absolute atomic E-state index is 0.500. The van der Waals surface area contributed by atoms with E-state index in [9.17, 15) is 0 Å². The molecule has 2 aliphatic rings. The Kier molecular flexibility index (Phi) is 14.8. The van der Waals surface area contributed by atoms with Gasteiger partial charge in [0.25, 0.3) is 0 Å². The van der Waals surface area contributed by atoms with E-state index in [1.165, 1.54) is 51.4 Å². The van der Waals surface area contributed by atoms with Gasteiger partial charge in [-0.15, -0.1) is 0 Å². The lowest BCUT2D eigenvalue weighted by Gasteiger charge is -2.38. The fraction of sp³-hybridized carbons (Fsp3) is 0.895. The van der Waals surface area contributed by atoms with Gasteiger partial charge in [-0.25, -0.2) is 0 Å². The number of hydrogen-bond donors (Lipinski definition) is 0. The van der Waals surface area contributed by atoms with Crippen molar-refractivity contribution in [2.24, 2.45) is 17.8 Å². The Bertz CT molecular complexity index is 303. The third-order valence-corrected chi connectivity index (χ3v) is 5.40. The van der Waals surface area contributed by atoms with Crippen LogP contribution in [-0.4, -0.2) is 12.2 Å². The molecule has 0 heterocycles. The zero-order valence-electron chi connectivity index (χ0n) is 14.6. The summed E-state index contributed by atoms with van der Waals surface area (Å²) in [5.74, 6) is 3.33. The van der Waals surface area contributed by atoms with Gasteiger partial charge in [-0.2, -0.15) is 0 Å². The summed E-state index contributed by atoms with van der Waals surface area (Å²) in [7, 11) is 0. The highest BCUT2D eigenvalue weighted by atomic mass is 16.1. The van der Waals surface area contributed by atoms with Gasteiger partial charge in [0.15, 0.2) is 0 Å². The topological polar surface area (TPSA) is 78.7 Å². The van der Waals surface area contributed by atoms with Gasteiger partial charge in [-0.3, -0.25) is 9.59 Å². The highest BCUT2D eigenvalue weighted by Gasteiger charge is 2.30. The normalized spacial score (nSPS) is 18.7. The first-order valence-corrected chi connectivity index (χ1v) is 9.27. The molecular formula is C19H32N2O2-2. The average molecular weight is 320 g/mol. The minimum Gasteiger partial charge on any atom is -0.724 e. The SMILES string of the molecule is CCCCC(C1CCCCC1)C1CCCCC1.[N-]=C=O.[N-]=C=O. The summed E-state index contributed by atoms with van der Waals surface area (Å²) in [6.45, 7) is 2.36. The van der Waals surface area contributed by atoms with Gasteiger partial charge >= 0.3 is 0 Å². The van der Waals surface area contributed by atoms with E-state index >= 15 is 0 Å². The van der Waals surface area contributed by atoms with Gasteiger partial charge in [-0.1, -0.05) is 84.0 Å². The van der Waals surface area contributed by atoms with Crippen LogP contribution in [0.3, 0.4) is 0 Å². The van der Waals surface area contributed by atoms with E-state index < -0.39 is 0 Å². The molecule has 0 aromatic rings. The number of unbranched alkanes of at least 4 members (excludes halogenated alkanes) is 1. The molecule has 0 saturated heterocycles. The lowest BCUT2D eigenvalue weighted by molar-refractivity contribution is 0.132. The molecule has 0 bridgehead atoms. The summed E-state index contributed by atoms with van der Waals surface area (Å²) in [5.41, 5.74) is 0. The first-order valence-electron chi connectivity index (χ1n) is 9.27. The molecule has 0 aromatic carbocycles. The van der Waals surface area contributed by atoms with Crippen LogP contribution in [0, 0.1) is 17.8 Å². The second kappa shape index (κ2) is 15.6. The van der Waals surface area contributed by atoms with E-state index in [1.807, 2.05) is 0 Å². The molecular weight excluding hydrogens is 288 g/mol. The highest BCUT2D eigenvalue weighted by molar-refractivity contribution is 5.37. The predicted octanol–water partition coefficient (Wildman–Crippen LogP) is 5.74. The summed E-state index contributed by atoms with van der Waals surface area (Å²) in [6.07, 6.45) is 20.8. The van der Waals surface area contributed by atoms with Crippen molar-refractivity contribution in [3.8, 4) is 0 Å². The molecule has 2 fully saturated rings. The summed E-state index contributed by atoms with van der Waals surface area (Å²) < 4.78 is 0. The summed E-state index contributed by atoms with van der Waals surface area (Å²) in [4.78, 5) is 16.5. The van der Waals surface area contributed by atoms with E-state index in [4.69, 9.17) is 20.4 Å². The lowest BCUT2D eigenvalue weighted by atomic mass is 9.68. The lowest BCUT2D eigenvalue weighted by Crippen LogP contribution is -2.27. The molecule has 4 heteroatoms. The molecule has 0 spiro atoms. The molecule has 2 aliphatic carbocycles. The van der Waals surface area contributed by atoms with E-state index in [0.29, 0.717) is 12.2 Å². The van der Waals surface area contributed by atoms with E-state index in [-0.39, 0.29) is 0 Å². The first-order chi connectivity index (χ1) is 11.2. The van der Waals surface area contributed by atoms with Crippen molar-refractivity contribution < 1.29 is 9.59 Å². The number of carbonyl (C=O) groups excluding carboxylic acids is 2. The molecule has 2 saturated carbocycles. The first kappa shape index (κ1) is 21.8. The van der Waals surface area contributed by atoms with Crippen LogP contribution in [0.2, 0.25) is 0 Å². The highest BCUT2D eigenvalue weighted by Crippen LogP contribution is 2.42. The van der Waals surface area contributed by atoms with Crippen molar-refractivity contribution >= 4 is 12.2 Å². The Balaban J connectivity index is 0.000000704. The van der Waals surface area contributed by atoms with Crippen molar-refractivity contribution in [1.29, 1.82) is 0 Å². The van der Waals surface area contributed by atoms with E-state index in [0.717, 1.165) is 17.8 Å². The maximum absolute atomic E-state index is 8.24. The number of isocyanates is 2. The fourth-order valence-electron chi connectivity index (χ4n) is 4.42. The maximum atomic E-state index is 8.24. The molecule has 23 heavy (non-hydrogen) atoms. The zero-order valence-corrected chi connectivity index (χ0v) is 14.6. The molecule has 0 aliphatic heterocycles. The van der Waals surface area contributed by atoms with Crippen LogP contribution in [0.25, 0.3) is 10.8 Å². The maximum Gasteiger partial charge on any atom is -0.0159 e. The van der Waals surface area contributed by atoms with Gasteiger partial charge in [0.05, 0.1) is 0 Å². The summed E-state index contributed by atoms with van der Waals surface area (Å²) >= 11 is 0. The smallest absolute Gasteiger partial charge is 0.0159 e. The summed E-state index contributed by atoms with van der Waals surface area (Å²) in [5, 5.41) is 13.5. The van der Waals surface area contributed by atoms with Gasteiger partial charge < -0.3 is 10.8 Å². The standard InChI is InChI=1S/C17H32.2CNO/c1-2-3-14-17(15-10-6-4-7-11-15)16-12-8-5-9-13-16;2*2-1-3/h15-17H,2-14H2,1H3;;/q;2*-1. The number of nitrogens with zero attached hydrogens (tertiary/aromatic N) is 2. The van der Waals surface area contributed by atoms with Crippen molar-refractivity contribution in [3.63, 3.8) is 0 Å². The Morgan fingerprint density at radius 2 is 1.17 bits per heavy atom. The molecule has 0 unspecified atom stereocenters. The number of hydrogen-bond acceptors (Lipinski definition) is 2. The quantitative estimate of drug-likeness (QED) is 0.478. The van der Waals surface area contributed by atoms with Crippen LogP contribution in [0.15, 0.2) is 0 Å². The van der Waals surface area contributed by atoms with Crippen LogP contribution in [0.4, 0.5) is 0 Å². The second-order valence-electron chi connectivity index (χ2n) is 6.78. The fourth-order valence-corrected chi connectivity index (χ4v) is 4.42. The van der Waals surface area contributed by atoms with Crippen molar-refractivity contribution in [2.45, 2.75) is 90.4 Å². The van der Waals surface area contributed by atoms with Gasteiger partial charge in [0.1, 0.15) is 0 Å². The van der Waals surface area contributed by atoms with Crippen molar-refractivity contribution in [2.75, 3.05) is 0 Å². The Hall–Kier alpha value is -1.24. The Morgan fingerprint density at radius 3 is 1.48 bits per heavy atom. The zero-order chi connectivity index (χ0) is 17.3. The minimum atomic E-state index is 0.500. The van der Waals surface area contributed by atoms with Crippen LogP contribution in [0.5, 0.6) is 0 Å². The molecule has 0 atom stereocenters. The molecule has 4 nitrogen and oxygen atoms in total. The van der Waals surface area contributed by atoms with E-state index in [2.05, 4.69) is 6.92 Å². The van der Waals surface area contributed by atoms with Gasteiger partial charge in [0.2, 0.25) is 0 Å². The van der Waals surface area contributed by atoms with Crippen molar-refractivity contribution in [1.82, 2.24) is 0 Å². The van der Waals surface area contributed by atoms with Gasteiger partial charge in [0, 0.05) is 0 Å². The van der Waals surface area contributed by atoms with Crippen molar-refractivity contribution in [3.05, 3.63) is 10.8 Å². The summed E-state index contributed by atoms with van der Waals surface area (Å²) in [6, 6.07) is 0. The largest absolute Gasteiger partial charge is 0.724 e. The average Bonchev–Trinajstić information content (AvgIpc) is 2.59. The van der Waals surface area contributed by atoms with Crippen LogP contribution < -0.4 is 0 Å². The number of rotatable bonds is 5. The van der Waals surface area contributed by atoms with Crippen LogP contribution in [0.1, 0.15) is 90.4 Å². The van der Waals surface area contributed by atoms with Crippen LogP contribution in [-0.2, 0) is 9.59 Å². The van der Waals surface area contributed by atoms with Gasteiger partial charge in [-0.05, 0) is 36.3 Å². The predicted molar refractivity (Wildman–Crippen MR) is 94.3 cm³/mol. The molecule has 0 radical (unpaired) electrons. The van der Waals surface area contributed by atoms with Crippen LogP contribution >= 0.6 is 0 Å².